The van der Waals surface area contributed by atoms with Gasteiger partial charge in [0.25, 0.3) is 0 Å². The number of rotatable bonds is 8. The van der Waals surface area contributed by atoms with E-state index in [0.29, 0.717) is 24.6 Å². The van der Waals surface area contributed by atoms with Gasteiger partial charge < -0.3 is 15.4 Å². The maximum atomic E-state index is 11.6. The molecule has 0 aliphatic heterocycles. The first kappa shape index (κ1) is 15.0. The molecule has 0 bridgehead atoms. The van der Waals surface area contributed by atoms with Crippen molar-refractivity contribution in [3.05, 3.63) is 34.9 Å². The highest BCUT2D eigenvalue weighted by Gasteiger charge is 2.05. The van der Waals surface area contributed by atoms with Crippen LogP contribution < -0.4 is 10.6 Å². The summed E-state index contributed by atoms with van der Waals surface area (Å²) in [6, 6.07) is 7.37. The summed E-state index contributed by atoms with van der Waals surface area (Å²) < 4.78 is 4.90. The Morgan fingerprint density at radius 1 is 1.28 bits per heavy atom. The molecule has 4 nitrogen and oxygen atoms in total. The average molecular weight is 271 g/mol. The minimum atomic E-state index is -0.0170. The van der Waals surface area contributed by atoms with Gasteiger partial charge in [0.15, 0.2) is 0 Å². The first-order valence-corrected chi connectivity index (χ1v) is 6.31. The van der Waals surface area contributed by atoms with Gasteiger partial charge in [-0.3, -0.25) is 4.79 Å². The molecule has 0 unspecified atom stereocenters. The lowest BCUT2D eigenvalue weighted by Crippen LogP contribution is -2.33. The predicted octanol–water partition coefficient (Wildman–Crippen LogP) is 1.23. The summed E-state index contributed by atoms with van der Waals surface area (Å²) >= 11 is 5.98. The Hall–Kier alpha value is -1.10. The van der Waals surface area contributed by atoms with Crippen molar-refractivity contribution >= 4 is 17.5 Å². The summed E-state index contributed by atoms with van der Waals surface area (Å²) in [5.74, 6) is -0.0170. The number of hydrogen-bond donors (Lipinski definition) is 2. The highest BCUT2D eigenvalue weighted by atomic mass is 35.5. The first-order valence-electron chi connectivity index (χ1n) is 5.94. The van der Waals surface area contributed by atoms with Gasteiger partial charge in [-0.25, -0.2) is 0 Å². The molecule has 0 heterocycles. The lowest BCUT2D eigenvalue weighted by atomic mass is 10.1. The number of halogens is 1. The van der Waals surface area contributed by atoms with Crippen molar-refractivity contribution in [3.63, 3.8) is 0 Å². The van der Waals surface area contributed by atoms with E-state index in [4.69, 9.17) is 16.3 Å². The zero-order valence-corrected chi connectivity index (χ0v) is 11.3. The van der Waals surface area contributed by atoms with Crippen LogP contribution in [-0.4, -0.2) is 39.3 Å². The fraction of sp³-hybridized carbons (Fsp3) is 0.462. The van der Waals surface area contributed by atoms with E-state index in [1.165, 1.54) is 0 Å². The van der Waals surface area contributed by atoms with Gasteiger partial charge in [0.1, 0.15) is 0 Å². The molecule has 1 rings (SSSR count). The topological polar surface area (TPSA) is 50.4 Å². The second-order valence-corrected chi connectivity index (χ2v) is 4.27. The summed E-state index contributed by atoms with van der Waals surface area (Å²) in [6.07, 6.45) is 0.317. The maximum Gasteiger partial charge on any atom is 0.224 e. The van der Waals surface area contributed by atoms with Crippen LogP contribution in [0.15, 0.2) is 24.3 Å². The van der Waals surface area contributed by atoms with Gasteiger partial charge >= 0.3 is 0 Å². The van der Waals surface area contributed by atoms with Gasteiger partial charge in [0, 0.05) is 31.8 Å². The van der Waals surface area contributed by atoms with E-state index in [1.54, 1.807) is 13.2 Å². The minimum absolute atomic E-state index is 0.0170. The second kappa shape index (κ2) is 8.91. The largest absolute Gasteiger partial charge is 0.383 e. The van der Waals surface area contributed by atoms with E-state index >= 15 is 0 Å². The van der Waals surface area contributed by atoms with E-state index in [2.05, 4.69) is 10.6 Å². The second-order valence-electron chi connectivity index (χ2n) is 3.86. The van der Waals surface area contributed by atoms with Crippen molar-refractivity contribution in [2.45, 2.75) is 6.42 Å². The molecule has 0 saturated carbocycles. The number of benzene rings is 1. The molecule has 18 heavy (non-hydrogen) atoms. The van der Waals surface area contributed by atoms with Gasteiger partial charge in [-0.2, -0.15) is 0 Å². The van der Waals surface area contributed by atoms with Gasteiger partial charge in [0.05, 0.1) is 13.0 Å². The third-order valence-electron chi connectivity index (χ3n) is 2.42. The first-order chi connectivity index (χ1) is 8.74. The molecule has 1 amide bonds. The van der Waals surface area contributed by atoms with Crippen LogP contribution in [0.3, 0.4) is 0 Å². The Balaban J connectivity index is 2.16. The molecule has 0 aliphatic carbocycles. The Labute approximate surface area is 113 Å². The highest BCUT2D eigenvalue weighted by molar-refractivity contribution is 6.31. The molecule has 1 aromatic rings. The molecule has 0 spiro atoms. The van der Waals surface area contributed by atoms with Crippen molar-refractivity contribution in [3.8, 4) is 0 Å². The third kappa shape index (κ3) is 6.00. The van der Waals surface area contributed by atoms with E-state index in [0.717, 1.165) is 18.7 Å². The van der Waals surface area contributed by atoms with Crippen LogP contribution >= 0.6 is 11.6 Å². The predicted molar refractivity (Wildman–Crippen MR) is 72.9 cm³/mol. The fourth-order valence-electron chi connectivity index (χ4n) is 1.47. The summed E-state index contributed by atoms with van der Waals surface area (Å²) in [4.78, 5) is 11.6. The van der Waals surface area contributed by atoms with Crippen LogP contribution in [0.25, 0.3) is 0 Å². The van der Waals surface area contributed by atoms with Crippen LogP contribution in [0.5, 0.6) is 0 Å². The Morgan fingerprint density at radius 2 is 2.06 bits per heavy atom. The standard InChI is InChI=1S/C13H19ClN2O2/c1-18-9-8-15-6-7-16-13(17)10-11-4-2-3-5-12(11)14/h2-5,15H,6-10H2,1H3,(H,16,17). The zero-order chi connectivity index (χ0) is 13.2. The average Bonchev–Trinajstić information content (AvgIpc) is 2.36. The lowest BCUT2D eigenvalue weighted by Gasteiger charge is -2.07. The molecule has 2 N–H and O–H groups in total. The van der Waals surface area contributed by atoms with Gasteiger partial charge in [-0.05, 0) is 11.6 Å². The molecule has 0 aliphatic rings. The molecule has 0 fully saturated rings. The number of ether oxygens (including phenoxy) is 1. The third-order valence-corrected chi connectivity index (χ3v) is 2.78. The number of carbonyl (C=O) groups is 1. The van der Waals surface area contributed by atoms with Crippen molar-refractivity contribution in [1.82, 2.24) is 10.6 Å². The summed E-state index contributed by atoms with van der Waals surface area (Å²) in [5.41, 5.74) is 0.851. The van der Waals surface area contributed by atoms with Crippen molar-refractivity contribution < 1.29 is 9.53 Å². The molecule has 0 saturated heterocycles. The fourth-order valence-corrected chi connectivity index (χ4v) is 1.67. The Kier molecular flexibility index (Phi) is 7.41. The van der Waals surface area contributed by atoms with Gasteiger partial charge in [-0.15, -0.1) is 0 Å². The number of methoxy groups -OCH3 is 1. The van der Waals surface area contributed by atoms with E-state index < -0.39 is 0 Å². The molecule has 0 atom stereocenters. The SMILES string of the molecule is COCCNCCNC(=O)Cc1ccccc1Cl. The normalized spacial score (nSPS) is 10.3. The maximum absolute atomic E-state index is 11.6. The van der Waals surface area contributed by atoms with Crippen LogP contribution in [0.2, 0.25) is 5.02 Å². The molecular weight excluding hydrogens is 252 g/mol. The lowest BCUT2D eigenvalue weighted by molar-refractivity contribution is -0.120. The number of amides is 1. The number of hydrogen-bond acceptors (Lipinski definition) is 3. The zero-order valence-electron chi connectivity index (χ0n) is 10.5. The van der Waals surface area contributed by atoms with Crippen molar-refractivity contribution in [1.29, 1.82) is 0 Å². The quantitative estimate of drug-likeness (QED) is 0.699. The summed E-state index contributed by atoms with van der Waals surface area (Å²) in [7, 11) is 1.66. The van der Waals surface area contributed by atoms with Crippen LogP contribution in [0.4, 0.5) is 0 Å². The Morgan fingerprint density at radius 3 is 2.78 bits per heavy atom. The molecule has 0 radical (unpaired) electrons. The number of carbonyl (C=O) groups excluding carboxylic acids is 1. The highest BCUT2D eigenvalue weighted by Crippen LogP contribution is 2.14. The van der Waals surface area contributed by atoms with Crippen LogP contribution in [0, 0.1) is 0 Å². The molecule has 1 aromatic carbocycles. The molecule has 0 aromatic heterocycles. The molecule has 100 valence electrons. The Bertz CT molecular complexity index is 372. The summed E-state index contributed by atoms with van der Waals surface area (Å²) in [5, 5.41) is 6.62. The van der Waals surface area contributed by atoms with Crippen LogP contribution in [0.1, 0.15) is 5.56 Å². The number of nitrogens with one attached hydrogen (secondary N) is 2. The minimum Gasteiger partial charge on any atom is -0.383 e. The van der Waals surface area contributed by atoms with Crippen LogP contribution in [-0.2, 0) is 16.0 Å². The molecular formula is C13H19ClN2O2. The van der Waals surface area contributed by atoms with Crippen molar-refractivity contribution in [2.24, 2.45) is 0 Å². The van der Waals surface area contributed by atoms with Gasteiger partial charge in [-0.1, -0.05) is 29.8 Å². The monoisotopic (exact) mass is 270 g/mol. The molecule has 5 heteroatoms. The summed E-state index contributed by atoms with van der Waals surface area (Å²) in [6.45, 7) is 2.80. The smallest absolute Gasteiger partial charge is 0.224 e. The van der Waals surface area contributed by atoms with Crippen molar-refractivity contribution in [2.75, 3.05) is 33.4 Å². The van der Waals surface area contributed by atoms with Gasteiger partial charge in [0.2, 0.25) is 5.91 Å². The van der Waals surface area contributed by atoms with E-state index in [9.17, 15) is 4.79 Å². The van der Waals surface area contributed by atoms with E-state index in [-0.39, 0.29) is 5.91 Å². The van der Waals surface area contributed by atoms with E-state index in [1.807, 2.05) is 18.2 Å².